The van der Waals surface area contributed by atoms with Gasteiger partial charge in [0.05, 0.1) is 11.6 Å². The van der Waals surface area contributed by atoms with Crippen molar-refractivity contribution in [2.24, 2.45) is 5.92 Å². The molecule has 0 amide bonds. The largest absolute Gasteiger partial charge is 0.489 e. The van der Waals surface area contributed by atoms with E-state index in [2.05, 4.69) is 0 Å². The van der Waals surface area contributed by atoms with Crippen LogP contribution in [-0.4, -0.2) is 24.1 Å². The number of benzene rings is 2. The first kappa shape index (κ1) is 18.9. The van der Waals surface area contributed by atoms with Crippen molar-refractivity contribution < 1.29 is 19.1 Å². The van der Waals surface area contributed by atoms with Crippen molar-refractivity contribution in [2.45, 2.75) is 13.5 Å². The molecule has 2 rings (SSSR count). The first-order valence-electron chi connectivity index (χ1n) is 7.92. The van der Waals surface area contributed by atoms with Gasteiger partial charge in [0.2, 0.25) is 0 Å². The molecule has 0 heterocycles. The monoisotopic (exact) mass is 350 g/mol. The lowest BCUT2D eigenvalue weighted by atomic mass is 10.0. The quantitative estimate of drug-likeness (QED) is 0.582. The lowest BCUT2D eigenvalue weighted by Crippen LogP contribution is -2.25. The van der Waals surface area contributed by atoms with Gasteiger partial charge in [-0.25, -0.2) is 4.79 Å². The molecule has 0 aliphatic heterocycles. The van der Waals surface area contributed by atoms with E-state index in [1.54, 1.807) is 30.3 Å². The van der Waals surface area contributed by atoms with E-state index in [-0.39, 0.29) is 5.71 Å². The fourth-order valence-electron chi connectivity index (χ4n) is 2.13. The Bertz CT molecular complexity index is 823. The van der Waals surface area contributed by atoms with Gasteiger partial charge in [0, 0.05) is 5.71 Å². The van der Waals surface area contributed by atoms with Crippen LogP contribution in [0.25, 0.3) is 0 Å². The second-order valence-corrected chi connectivity index (χ2v) is 5.59. The van der Waals surface area contributed by atoms with Crippen molar-refractivity contribution in [3.63, 3.8) is 0 Å². The molecule has 0 fully saturated rings. The van der Waals surface area contributed by atoms with E-state index >= 15 is 0 Å². The zero-order valence-corrected chi connectivity index (χ0v) is 14.3. The maximum Gasteiger partial charge on any atom is 0.338 e. The highest BCUT2D eigenvalue weighted by atomic mass is 16.5. The molecule has 0 spiro atoms. The number of nitrogens with one attached hydrogen (secondary N) is 1. The molecule has 6 nitrogen and oxygen atoms in total. The summed E-state index contributed by atoms with van der Waals surface area (Å²) in [5.74, 6) is -1.70. The van der Waals surface area contributed by atoms with Gasteiger partial charge in [-0.15, -0.1) is 0 Å². The number of carbonyl (C=O) groups is 2. The lowest BCUT2D eigenvalue weighted by Gasteiger charge is -2.09. The van der Waals surface area contributed by atoms with Gasteiger partial charge in [0.15, 0.2) is 12.4 Å². The minimum absolute atomic E-state index is 0.0729. The molecule has 0 saturated heterocycles. The van der Waals surface area contributed by atoms with Gasteiger partial charge in [0.1, 0.15) is 18.3 Å². The number of hydrogen-bond acceptors (Lipinski definition) is 6. The summed E-state index contributed by atoms with van der Waals surface area (Å²) in [6.45, 7) is 1.19. The molecule has 6 heteroatoms. The fraction of sp³-hybridized carbons (Fsp3) is 0.200. The van der Waals surface area contributed by atoms with E-state index in [1.807, 2.05) is 30.3 Å². The highest BCUT2D eigenvalue weighted by molar-refractivity contribution is 6.06. The van der Waals surface area contributed by atoms with Crippen LogP contribution in [0, 0.1) is 22.7 Å². The van der Waals surface area contributed by atoms with Crippen LogP contribution >= 0.6 is 0 Å². The molecule has 0 bridgehead atoms. The minimum atomic E-state index is -1.18. The SMILES string of the molecule is CC(=N)C(C#N)C(=O)COC(=O)c1ccc(COc2ccccc2)cc1. The smallest absolute Gasteiger partial charge is 0.338 e. The Morgan fingerprint density at radius 3 is 2.35 bits per heavy atom. The van der Waals surface area contributed by atoms with Crippen LogP contribution in [0.2, 0.25) is 0 Å². The number of hydrogen-bond donors (Lipinski definition) is 1. The number of rotatable bonds is 8. The topological polar surface area (TPSA) is 100 Å². The maximum absolute atomic E-state index is 12.0. The van der Waals surface area contributed by atoms with E-state index in [0.717, 1.165) is 11.3 Å². The predicted molar refractivity (Wildman–Crippen MR) is 95.0 cm³/mol. The molecular weight excluding hydrogens is 332 g/mol. The van der Waals surface area contributed by atoms with E-state index in [4.69, 9.17) is 20.1 Å². The molecule has 0 saturated carbocycles. The Morgan fingerprint density at radius 1 is 1.12 bits per heavy atom. The molecule has 26 heavy (non-hydrogen) atoms. The summed E-state index contributed by atoms with van der Waals surface area (Å²) < 4.78 is 10.5. The van der Waals surface area contributed by atoms with Gasteiger partial charge in [-0.1, -0.05) is 30.3 Å². The van der Waals surface area contributed by atoms with Gasteiger partial charge in [-0.2, -0.15) is 5.26 Å². The number of Topliss-reactive ketones (excluding diaryl/α,β-unsaturated/α-hetero) is 1. The summed E-state index contributed by atoms with van der Waals surface area (Å²) in [4.78, 5) is 23.7. The zero-order valence-electron chi connectivity index (χ0n) is 14.3. The van der Waals surface area contributed by atoms with Crippen molar-refractivity contribution in [1.82, 2.24) is 0 Å². The van der Waals surface area contributed by atoms with E-state index in [9.17, 15) is 9.59 Å². The molecule has 0 radical (unpaired) electrons. The highest BCUT2D eigenvalue weighted by Gasteiger charge is 2.21. The molecule has 0 aliphatic rings. The number of ketones is 1. The van der Waals surface area contributed by atoms with Crippen molar-refractivity contribution >= 4 is 17.5 Å². The van der Waals surface area contributed by atoms with Crippen molar-refractivity contribution in [2.75, 3.05) is 6.61 Å². The summed E-state index contributed by atoms with van der Waals surface area (Å²) in [5.41, 5.74) is 1.10. The second-order valence-electron chi connectivity index (χ2n) is 5.59. The molecule has 1 atom stereocenters. The number of esters is 1. The molecule has 2 aromatic carbocycles. The Balaban J connectivity index is 1.87. The Kier molecular flexibility index (Phi) is 6.63. The first-order valence-corrected chi connectivity index (χ1v) is 7.92. The molecule has 1 N–H and O–H groups in total. The van der Waals surface area contributed by atoms with E-state index in [1.165, 1.54) is 6.92 Å². The number of carbonyl (C=O) groups excluding carboxylic acids is 2. The normalized spacial score (nSPS) is 11.1. The molecule has 2 aromatic rings. The summed E-state index contributed by atoms with van der Waals surface area (Å²) in [7, 11) is 0. The fourth-order valence-corrected chi connectivity index (χ4v) is 2.13. The Labute approximate surface area is 151 Å². The van der Waals surface area contributed by atoms with E-state index in [0.29, 0.717) is 12.2 Å². The number of ether oxygens (including phenoxy) is 2. The number of nitrogens with zero attached hydrogens (tertiary/aromatic N) is 1. The standard InChI is InChI=1S/C20H18N2O4/c1-14(22)18(11-21)19(23)13-26-20(24)16-9-7-15(8-10-16)12-25-17-5-3-2-4-6-17/h2-10,18,22H,12-13H2,1H3. The summed E-state index contributed by atoms with van der Waals surface area (Å²) in [6.07, 6.45) is 0. The Morgan fingerprint density at radius 2 is 1.77 bits per heavy atom. The summed E-state index contributed by atoms with van der Waals surface area (Å²) in [5, 5.41) is 16.2. The van der Waals surface area contributed by atoms with Crippen molar-refractivity contribution in [1.29, 1.82) is 10.7 Å². The van der Waals surface area contributed by atoms with E-state index < -0.39 is 24.3 Å². The predicted octanol–water partition coefficient (Wildman–Crippen LogP) is 3.17. The van der Waals surface area contributed by atoms with Gasteiger partial charge in [0.25, 0.3) is 0 Å². The van der Waals surface area contributed by atoms with Crippen LogP contribution in [0.5, 0.6) is 5.75 Å². The van der Waals surface area contributed by atoms with Gasteiger partial charge in [-0.3, -0.25) is 4.79 Å². The van der Waals surface area contributed by atoms with Crippen molar-refractivity contribution in [3.05, 3.63) is 65.7 Å². The third kappa shape index (κ3) is 5.28. The van der Waals surface area contributed by atoms with Crippen molar-refractivity contribution in [3.8, 4) is 11.8 Å². The van der Waals surface area contributed by atoms with Gasteiger partial charge < -0.3 is 14.9 Å². The van der Waals surface area contributed by atoms with Crippen LogP contribution in [0.3, 0.4) is 0 Å². The molecule has 132 valence electrons. The van der Waals surface area contributed by atoms with Gasteiger partial charge >= 0.3 is 5.97 Å². The molecule has 1 unspecified atom stereocenters. The average Bonchev–Trinajstić information content (AvgIpc) is 2.66. The van der Waals surface area contributed by atoms with Crippen LogP contribution in [0.4, 0.5) is 0 Å². The van der Waals surface area contributed by atoms with Crippen LogP contribution in [0.1, 0.15) is 22.8 Å². The maximum atomic E-state index is 12.0. The zero-order chi connectivity index (χ0) is 18.9. The van der Waals surface area contributed by atoms with Gasteiger partial charge in [-0.05, 0) is 36.8 Å². The Hall–Kier alpha value is -3.46. The number of para-hydroxylation sites is 1. The third-order valence-electron chi connectivity index (χ3n) is 3.57. The summed E-state index contributed by atoms with van der Waals surface area (Å²) in [6, 6.07) is 17.7. The second kappa shape index (κ2) is 9.14. The first-order chi connectivity index (χ1) is 12.5. The molecule has 0 aromatic heterocycles. The minimum Gasteiger partial charge on any atom is -0.489 e. The summed E-state index contributed by atoms with van der Waals surface area (Å²) >= 11 is 0. The third-order valence-corrected chi connectivity index (χ3v) is 3.57. The highest BCUT2D eigenvalue weighted by Crippen LogP contribution is 2.13. The number of nitriles is 1. The van der Waals surface area contributed by atoms with Crippen LogP contribution < -0.4 is 4.74 Å². The molecule has 0 aliphatic carbocycles. The average molecular weight is 350 g/mol. The van der Waals surface area contributed by atoms with Crippen LogP contribution in [-0.2, 0) is 16.1 Å². The van der Waals surface area contributed by atoms with Crippen LogP contribution in [0.15, 0.2) is 54.6 Å². The lowest BCUT2D eigenvalue weighted by molar-refractivity contribution is -0.122. The molecular formula is C20H18N2O4.